The van der Waals surface area contributed by atoms with E-state index in [1.54, 1.807) is 14.0 Å². The van der Waals surface area contributed by atoms with Crippen LogP contribution in [-0.2, 0) is 11.2 Å². The van der Waals surface area contributed by atoms with Gasteiger partial charge >= 0.3 is 0 Å². The fourth-order valence-corrected chi connectivity index (χ4v) is 2.52. The molecular formula is C17H21NO2. The maximum Gasteiger partial charge on any atom is 0.130 e. The third kappa shape index (κ3) is 2.93. The zero-order valence-electron chi connectivity index (χ0n) is 12.6. The molecule has 0 saturated carbocycles. The van der Waals surface area contributed by atoms with Crippen LogP contribution in [0.5, 0.6) is 5.75 Å². The van der Waals surface area contributed by atoms with Crippen molar-refractivity contribution in [2.45, 2.75) is 33.6 Å². The molecule has 0 spiro atoms. The summed E-state index contributed by atoms with van der Waals surface area (Å²) < 4.78 is 7.41. The van der Waals surface area contributed by atoms with E-state index in [2.05, 4.69) is 24.5 Å². The SMILES string of the molecule is COc1ccc(-n2c(C)cc(CCC(C)=O)c2C)cc1. The Kier molecular flexibility index (Phi) is 4.28. The van der Waals surface area contributed by atoms with Crippen LogP contribution < -0.4 is 4.74 Å². The first-order chi connectivity index (χ1) is 9.52. The first-order valence-electron chi connectivity index (χ1n) is 6.84. The van der Waals surface area contributed by atoms with E-state index in [0.717, 1.165) is 17.9 Å². The lowest BCUT2D eigenvalue weighted by molar-refractivity contribution is -0.116. The molecule has 20 heavy (non-hydrogen) atoms. The number of hydrogen-bond acceptors (Lipinski definition) is 2. The second-order valence-corrected chi connectivity index (χ2v) is 5.13. The van der Waals surface area contributed by atoms with Gasteiger partial charge in [-0.2, -0.15) is 0 Å². The number of nitrogens with zero attached hydrogens (tertiary/aromatic N) is 1. The molecular weight excluding hydrogens is 250 g/mol. The fourth-order valence-electron chi connectivity index (χ4n) is 2.52. The number of methoxy groups -OCH3 is 1. The highest BCUT2D eigenvalue weighted by Crippen LogP contribution is 2.23. The van der Waals surface area contributed by atoms with Gasteiger partial charge in [0.2, 0.25) is 0 Å². The number of aryl methyl sites for hydroxylation is 2. The van der Waals surface area contributed by atoms with Crippen LogP contribution in [0, 0.1) is 13.8 Å². The molecule has 0 bridgehead atoms. The number of aromatic nitrogens is 1. The second-order valence-electron chi connectivity index (χ2n) is 5.13. The van der Waals surface area contributed by atoms with Gasteiger partial charge in [0.1, 0.15) is 11.5 Å². The Labute approximate surface area is 120 Å². The molecule has 1 aromatic carbocycles. The number of hydrogen-bond donors (Lipinski definition) is 0. The predicted molar refractivity (Wildman–Crippen MR) is 80.8 cm³/mol. The molecule has 3 heteroatoms. The Morgan fingerprint density at radius 1 is 1.20 bits per heavy atom. The molecule has 2 rings (SSSR count). The normalized spacial score (nSPS) is 10.6. The predicted octanol–water partition coefficient (Wildman–Crippen LogP) is 3.62. The number of Topliss-reactive ketones (excluding diaryl/α,β-unsaturated/α-hetero) is 1. The van der Waals surface area contributed by atoms with Gasteiger partial charge in [0.25, 0.3) is 0 Å². The van der Waals surface area contributed by atoms with Gasteiger partial charge in [-0.3, -0.25) is 0 Å². The summed E-state index contributed by atoms with van der Waals surface area (Å²) in [6.45, 7) is 5.84. The zero-order chi connectivity index (χ0) is 14.7. The Morgan fingerprint density at radius 3 is 2.40 bits per heavy atom. The summed E-state index contributed by atoms with van der Waals surface area (Å²) in [5.41, 5.74) is 4.75. The van der Waals surface area contributed by atoms with E-state index in [0.29, 0.717) is 6.42 Å². The molecule has 0 aliphatic rings. The summed E-state index contributed by atoms with van der Waals surface area (Å²) in [5, 5.41) is 0. The van der Waals surface area contributed by atoms with E-state index < -0.39 is 0 Å². The summed E-state index contributed by atoms with van der Waals surface area (Å²) in [4.78, 5) is 11.1. The Morgan fingerprint density at radius 2 is 1.85 bits per heavy atom. The molecule has 1 aromatic heterocycles. The summed E-state index contributed by atoms with van der Waals surface area (Å²) in [5.74, 6) is 1.09. The van der Waals surface area contributed by atoms with Gasteiger partial charge in [0, 0.05) is 23.5 Å². The number of benzene rings is 1. The summed E-state index contributed by atoms with van der Waals surface area (Å²) >= 11 is 0. The van der Waals surface area contributed by atoms with E-state index in [9.17, 15) is 4.79 Å². The molecule has 0 unspecified atom stereocenters. The van der Waals surface area contributed by atoms with Crippen molar-refractivity contribution in [3.63, 3.8) is 0 Å². The van der Waals surface area contributed by atoms with Crippen LogP contribution in [0.3, 0.4) is 0 Å². The average Bonchev–Trinajstić information content (AvgIpc) is 2.71. The van der Waals surface area contributed by atoms with Crippen LogP contribution in [0.1, 0.15) is 30.3 Å². The highest BCUT2D eigenvalue weighted by Gasteiger charge is 2.11. The summed E-state index contributed by atoms with van der Waals surface area (Å²) in [6, 6.07) is 10.2. The van der Waals surface area contributed by atoms with Crippen molar-refractivity contribution in [1.82, 2.24) is 4.57 Å². The maximum atomic E-state index is 11.1. The molecule has 2 aromatic rings. The Bertz CT molecular complexity index is 609. The highest BCUT2D eigenvalue weighted by atomic mass is 16.5. The van der Waals surface area contributed by atoms with Gasteiger partial charge < -0.3 is 14.1 Å². The number of carbonyl (C=O) groups excluding carboxylic acids is 1. The van der Waals surface area contributed by atoms with Crippen molar-refractivity contribution >= 4 is 5.78 Å². The quantitative estimate of drug-likeness (QED) is 0.831. The van der Waals surface area contributed by atoms with Crippen molar-refractivity contribution < 1.29 is 9.53 Å². The molecule has 3 nitrogen and oxygen atoms in total. The van der Waals surface area contributed by atoms with Gasteiger partial charge in [0.05, 0.1) is 7.11 Å². The molecule has 0 atom stereocenters. The lowest BCUT2D eigenvalue weighted by Gasteiger charge is -2.10. The maximum absolute atomic E-state index is 11.1. The van der Waals surface area contributed by atoms with Gasteiger partial charge in [-0.05, 0) is 63.1 Å². The zero-order valence-corrected chi connectivity index (χ0v) is 12.6. The van der Waals surface area contributed by atoms with E-state index >= 15 is 0 Å². The summed E-state index contributed by atoms with van der Waals surface area (Å²) in [6.07, 6.45) is 1.41. The molecule has 1 heterocycles. The lowest BCUT2D eigenvalue weighted by Crippen LogP contribution is -2.00. The van der Waals surface area contributed by atoms with Crippen LogP contribution in [0.4, 0.5) is 0 Å². The van der Waals surface area contributed by atoms with Crippen molar-refractivity contribution in [3.05, 3.63) is 47.3 Å². The van der Waals surface area contributed by atoms with E-state index in [1.807, 2.05) is 24.3 Å². The van der Waals surface area contributed by atoms with Crippen molar-refractivity contribution in [3.8, 4) is 11.4 Å². The first-order valence-corrected chi connectivity index (χ1v) is 6.84. The van der Waals surface area contributed by atoms with Crippen LogP contribution in [0.25, 0.3) is 5.69 Å². The molecule has 0 N–H and O–H groups in total. The minimum Gasteiger partial charge on any atom is -0.497 e. The number of carbonyl (C=O) groups is 1. The Balaban J connectivity index is 2.33. The van der Waals surface area contributed by atoms with Gasteiger partial charge in [0.15, 0.2) is 0 Å². The van der Waals surface area contributed by atoms with Crippen LogP contribution >= 0.6 is 0 Å². The Hall–Kier alpha value is -2.03. The molecule has 0 aliphatic heterocycles. The first kappa shape index (κ1) is 14.4. The van der Waals surface area contributed by atoms with Crippen molar-refractivity contribution in [2.75, 3.05) is 7.11 Å². The molecule has 0 amide bonds. The molecule has 0 radical (unpaired) electrons. The largest absolute Gasteiger partial charge is 0.497 e. The van der Waals surface area contributed by atoms with Crippen LogP contribution in [0.2, 0.25) is 0 Å². The third-order valence-corrected chi connectivity index (χ3v) is 3.61. The summed E-state index contributed by atoms with van der Waals surface area (Å²) in [7, 11) is 1.67. The monoisotopic (exact) mass is 271 g/mol. The number of rotatable bonds is 5. The van der Waals surface area contributed by atoms with Crippen LogP contribution in [0.15, 0.2) is 30.3 Å². The molecule has 0 saturated heterocycles. The standard InChI is InChI=1S/C17H21NO2/c1-12-11-15(6-5-13(2)19)14(3)18(12)16-7-9-17(20-4)10-8-16/h7-11H,5-6H2,1-4H3. The van der Waals surface area contributed by atoms with Gasteiger partial charge in [-0.15, -0.1) is 0 Å². The van der Waals surface area contributed by atoms with Gasteiger partial charge in [-0.1, -0.05) is 0 Å². The second kappa shape index (κ2) is 5.95. The third-order valence-electron chi connectivity index (χ3n) is 3.61. The topological polar surface area (TPSA) is 31.2 Å². The highest BCUT2D eigenvalue weighted by molar-refractivity contribution is 5.75. The van der Waals surface area contributed by atoms with E-state index in [4.69, 9.17) is 4.74 Å². The van der Waals surface area contributed by atoms with Crippen LogP contribution in [-0.4, -0.2) is 17.5 Å². The average molecular weight is 271 g/mol. The van der Waals surface area contributed by atoms with Gasteiger partial charge in [-0.25, -0.2) is 0 Å². The van der Waals surface area contributed by atoms with E-state index in [1.165, 1.54) is 17.0 Å². The molecule has 106 valence electrons. The van der Waals surface area contributed by atoms with E-state index in [-0.39, 0.29) is 5.78 Å². The number of ether oxygens (including phenoxy) is 1. The van der Waals surface area contributed by atoms with Crippen molar-refractivity contribution in [2.24, 2.45) is 0 Å². The van der Waals surface area contributed by atoms with Crippen molar-refractivity contribution in [1.29, 1.82) is 0 Å². The minimum atomic E-state index is 0.235. The molecule has 0 aliphatic carbocycles. The smallest absolute Gasteiger partial charge is 0.130 e. The molecule has 0 fully saturated rings. The lowest BCUT2D eigenvalue weighted by atomic mass is 10.1. The fraction of sp³-hybridized carbons (Fsp3) is 0.353. The minimum absolute atomic E-state index is 0.235. The number of ketones is 1.